The van der Waals surface area contributed by atoms with Crippen LogP contribution >= 0.6 is 0 Å². The average Bonchev–Trinajstić information content (AvgIpc) is 1.98. The van der Waals surface area contributed by atoms with Crippen molar-refractivity contribution in [2.75, 3.05) is 0 Å². The maximum absolute atomic E-state index is 10.4. The zero-order valence-corrected chi connectivity index (χ0v) is 6.19. The lowest BCUT2D eigenvalue weighted by molar-refractivity contribution is -0.419. The maximum Gasteiger partial charge on any atom is 0.342 e. The summed E-state index contributed by atoms with van der Waals surface area (Å²) in [4.78, 5) is 19.7. The quantitative estimate of drug-likeness (QED) is 0.294. The van der Waals surface area contributed by atoms with E-state index in [2.05, 4.69) is 13.2 Å². The highest BCUT2D eigenvalue weighted by Gasteiger charge is 2.17. The molecule has 1 N–H and O–H groups in total. The zero-order valence-electron chi connectivity index (χ0n) is 6.19. The molecule has 0 heterocycles. The molecule has 0 atom stereocenters. The van der Waals surface area contributed by atoms with Gasteiger partial charge in [-0.3, -0.25) is 10.1 Å². The third-order valence-electron chi connectivity index (χ3n) is 1.10. The highest BCUT2D eigenvalue weighted by Crippen LogP contribution is 2.07. The molecule has 0 saturated carbocycles. The van der Waals surface area contributed by atoms with Crippen molar-refractivity contribution in [3.63, 3.8) is 0 Å². The molecule has 0 rings (SSSR count). The first kappa shape index (κ1) is 10.1. The van der Waals surface area contributed by atoms with Crippen LogP contribution in [0.3, 0.4) is 0 Å². The van der Waals surface area contributed by atoms with E-state index in [0.29, 0.717) is 0 Å². The molecule has 0 spiro atoms. The smallest absolute Gasteiger partial charge is 0.342 e. The highest BCUT2D eigenvalue weighted by atomic mass is 16.6. The lowest BCUT2D eigenvalue weighted by atomic mass is 10.2. The molecule has 5 nitrogen and oxygen atoms in total. The van der Waals surface area contributed by atoms with Crippen LogP contribution in [-0.2, 0) is 4.79 Å². The molecule has 0 aliphatic carbocycles. The minimum atomic E-state index is -1.39. The predicted molar refractivity (Wildman–Crippen MR) is 42.1 cm³/mol. The zero-order chi connectivity index (χ0) is 9.72. The number of carboxylic acids is 1. The fraction of sp³-hybridized carbons (Fsp3) is 0. The Bertz CT molecular complexity index is 249. The number of allylic oxidation sites excluding steroid dienone is 1. The Morgan fingerprint density at radius 1 is 1.42 bits per heavy atom. The maximum atomic E-state index is 10.4. The van der Waals surface area contributed by atoms with Crippen LogP contribution in [-0.4, -0.2) is 16.0 Å². The number of rotatable bonds is 4. The Hall–Kier alpha value is -1.91. The second-order valence-electron chi connectivity index (χ2n) is 1.77. The van der Waals surface area contributed by atoms with Gasteiger partial charge in [-0.05, 0) is 6.08 Å². The summed E-state index contributed by atoms with van der Waals surface area (Å²) in [5.74, 6) is -1.39. The van der Waals surface area contributed by atoms with Gasteiger partial charge in [-0.25, -0.2) is 4.79 Å². The molecular weight excluding hydrogens is 162 g/mol. The van der Waals surface area contributed by atoms with Gasteiger partial charge in [-0.2, -0.15) is 0 Å². The molecule has 0 saturated heterocycles. The minimum Gasteiger partial charge on any atom is -0.477 e. The molecule has 0 aromatic carbocycles. The number of nitro groups is 1. The first-order chi connectivity index (χ1) is 5.54. The van der Waals surface area contributed by atoms with Crippen LogP contribution in [0.5, 0.6) is 0 Å². The number of aliphatic carboxylic acids is 1. The van der Waals surface area contributed by atoms with Crippen LogP contribution < -0.4 is 0 Å². The molecule has 0 aliphatic heterocycles. The monoisotopic (exact) mass is 169 g/mol. The van der Waals surface area contributed by atoms with Crippen molar-refractivity contribution in [1.82, 2.24) is 0 Å². The average molecular weight is 169 g/mol. The van der Waals surface area contributed by atoms with E-state index in [0.717, 1.165) is 12.2 Å². The Labute approximate surface area is 68.5 Å². The predicted octanol–water partition coefficient (Wildman–Crippen LogP) is 0.974. The van der Waals surface area contributed by atoms with Gasteiger partial charge in [0, 0.05) is 6.08 Å². The molecule has 0 aromatic heterocycles. The number of carbonyl (C=O) groups is 1. The molecule has 0 bridgehead atoms. The van der Waals surface area contributed by atoms with Gasteiger partial charge in [0.05, 0.1) is 4.92 Å². The Morgan fingerprint density at radius 3 is 2.00 bits per heavy atom. The first-order valence-corrected chi connectivity index (χ1v) is 2.91. The van der Waals surface area contributed by atoms with E-state index in [4.69, 9.17) is 5.11 Å². The highest BCUT2D eigenvalue weighted by molar-refractivity contribution is 5.90. The summed E-state index contributed by atoms with van der Waals surface area (Å²) >= 11 is 0. The number of hydrogen-bond acceptors (Lipinski definition) is 3. The normalized spacial score (nSPS) is 11.3. The lowest BCUT2D eigenvalue weighted by Gasteiger charge is -1.94. The van der Waals surface area contributed by atoms with Gasteiger partial charge >= 0.3 is 5.97 Å². The van der Waals surface area contributed by atoms with E-state index < -0.39 is 22.2 Å². The Kier molecular flexibility index (Phi) is 3.42. The van der Waals surface area contributed by atoms with Crippen LogP contribution in [0.2, 0.25) is 0 Å². The van der Waals surface area contributed by atoms with Gasteiger partial charge in [0.1, 0.15) is 5.57 Å². The van der Waals surface area contributed by atoms with Crippen LogP contribution in [0, 0.1) is 10.1 Å². The van der Waals surface area contributed by atoms with E-state index in [1.807, 2.05) is 0 Å². The lowest BCUT2D eigenvalue weighted by Crippen LogP contribution is -2.06. The van der Waals surface area contributed by atoms with Crippen molar-refractivity contribution in [3.05, 3.63) is 46.7 Å². The Balaban J connectivity index is 5.30. The van der Waals surface area contributed by atoms with Gasteiger partial charge in [0.2, 0.25) is 0 Å². The van der Waals surface area contributed by atoms with Crippen molar-refractivity contribution < 1.29 is 14.8 Å². The molecule has 64 valence electrons. The van der Waals surface area contributed by atoms with E-state index in [1.165, 1.54) is 0 Å². The van der Waals surface area contributed by atoms with Crippen LogP contribution in [0.15, 0.2) is 36.6 Å². The van der Waals surface area contributed by atoms with Crippen molar-refractivity contribution in [1.29, 1.82) is 0 Å². The van der Waals surface area contributed by atoms with E-state index in [-0.39, 0.29) is 0 Å². The standard InChI is InChI=1S/C7H7NO4/c1-3-5(7(9)10)6(4-2)8(11)12/h3-4H,1-2H2,(H,9,10)/b6-5-. The van der Waals surface area contributed by atoms with Gasteiger partial charge in [-0.1, -0.05) is 13.2 Å². The molecule has 0 fully saturated rings. The number of hydrogen-bond donors (Lipinski definition) is 1. The molecule has 0 unspecified atom stereocenters. The van der Waals surface area contributed by atoms with Crippen molar-refractivity contribution >= 4 is 5.97 Å². The van der Waals surface area contributed by atoms with E-state index in [9.17, 15) is 14.9 Å². The van der Waals surface area contributed by atoms with E-state index in [1.54, 1.807) is 0 Å². The topological polar surface area (TPSA) is 80.4 Å². The summed E-state index contributed by atoms with van der Waals surface area (Å²) < 4.78 is 0. The summed E-state index contributed by atoms with van der Waals surface area (Å²) in [6, 6.07) is 0. The van der Waals surface area contributed by atoms with Gasteiger partial charge in [0.15, 0.2) is 0 Å². The number of carboxylic acid groups (broad SMARTS) is 1. The largest absolute Gasteiger partial charge is 0.477 e. The summed E-state index contributed by atoms with van der Waals surface area (Å²) in [5, 5.41) is 18.6. The SMILES string of the molecule is C=C/C(C(=O)O)=C(\C=C)[N+](=O)[O-]. The second kappa shape index (κ2) is 4.07. The van der Waals surface area contributed by atoms with Crippen molar-refractivity contribution in [3.8, 4) is 0 Å². The fourth-order valence-corrected chi connectivity index (χ4v) is 0.584. The molecule has 0 amide bonds. The van der Waals surface area contributed by atoms with Gasteiger partial charge < -0.3 is 5.11 Å². The summed E-state index contributed by atoms with van der Waals surface area (Å²) in [6.45, 7) is 6.27. The van der Waals surface area contributed by atoms with Crippen LogP contribution in [0.25, 0.3) is 0 Å². The molecule has 0 radical (unpaired) electrons. The molecule has 5 heteroatoms. The van der Waals surface area contributed by atoms with Gasteiger partial charge in [0.25, 0.3) is 5.70 Å². The van der Waals surface area contributed by atoms with E-state index >= 15 is 0 Å². The third kappa shape index (κ3) is 2.05. The minimum absolute atomic E-state index is 0.463. The van der Waals surface area contributed by atoms with Crippen LogP contribution in [0.1, 0.15) is 0 Å². The van der Waals surface area contributed by atoms with Gasteiger partial charge in [-0.15, -0.1) is 0 Å². The van der Waals surface area contributed by atoms with Crippen molar-refractivity contribution in [2.45, 2.75) is 0 Å². The molecule has 12 heavy (non-hydrogen) atoms. The molecule has 0 aromatic rings. The third-order valence-corrected chi connectivity index (χ3v) is 1.10. The number of nitrogens with zero attached hydrogens (tertiary/aromatic N) is 1. The summed E-state index contributed by atoms with van der Waals surface area (Å²) in [6.07, 6.45) is 1.77. The summed E-state index contributed by atoms with van der Waals surface area (Å²) in [7, 11) is 0. The first-order valence-electron chi connectivity index (χ1n) is 2.91. The van der Waals surface area contributed by atoms with Crippen molar-refractivity contribution in [2.24, 2.45) is 0 Å². The van der Waals surface area contributed by atoms with Crippen LogP contribution in [0.4, 0.5) is 0 Å². The fourth-order valence-electron chi connectivity index (χ4n) is 0.584. The molecular formula is C7H7NO4. The second-order valence-corrected chi connectivity index (χ2v) is 1.77. The molecule has 0 aliphatic rings. The summed E-state index contributed by atoms with van der Waals surface area (Å²) in [5.41, 5.74) is -1.02. The Morgan fingerprint density at radius 2 is 1.92 bits per heavy atom.